The summed E-state index contributed by atoms with van der Waals surface area (Å²) in [7, 11) is 1.64. The molecule has 0 aromatic heterocycles. The summed E-state index contributed by atoms with van der Waals surface area (Å²) in [5.41, 5.74) is -0.691. The van der Waals surface area contributed by atoms with Gasteiger partial charge < -0.3 is 9.64 Å². The van der Waals surface area contributed by atoms with Crippen molar-refractivity contribution < 1.29 is 19.1 Å². The van der Waals surface area contributed by atoms with Crippen molar-refractivity contribution in [3.05, 3.63) is 0 Å². The van der Waals surface area contributed by atoms with E-state index in [0.717, 1.165) is 4.90 Å². The van der Waals surface area contributed by atoms with Crippen molar-refractivity contribution in [3.8, 4) is 0 Å². The Morgan fingerprint density at radius 2 is 1.95 bits per heavy atom. The first-order valence-corrected chi connectivity index (χ1v) is 7.02. The minimum absolute atomic E-state index is 0.125. The Kier molecular flexibility index (Phi) is 3.87. The molecule has 114 valence electrons. The summed E-state index contributed by atoms with van der Waals surface area (Å²) in [4.78, 5) is 46.1. The quantitative estimate of drug-likeness (QED) is 0.536. The summed E-state index contributed by atoms with van der Waals surface area (Å²) in [6, 6.07) is -1.60. The van der Waals surface area contributed by atoms with Crippen LogP contribution in [0.15, 0.2) is 9.98 Å². The molecule has 0 saturated carbocycles. The molecule has 1 atom stereocenters. The number of amides is 3. The second-order valence-corrected chi connectivity index (χ2v) is 6.37. The zero-order valence-electron chi connectivity index (χ0n) is 12.1. The number of hydrogen-bond donors (Lipinski definition) is 0. The third-order valence-corrected chi connectivity index (χ3v) is 3.51. The van der Waals surface area contributed by atoms with Gasteiger partial charge in [-0.1, -0.05) is 0 Å². The SMILES string of the molecule is CN1C(Br)=NC2=NC(=O)N(CC(=O)OC(C)(C)C)C(=O)C21. The van der Waals surface area contributed by atoms with Crippen LogP contribution < -0.4 is 0 Å². The molecule has 2 aliphatic heterocycles. The number of nitrogens with zero attached hydrogens (tertiary/aromatic N) is 4. The zero-order valence-corrected chi connectivity index (χ0v) is 13.7. The number of aliphatic imine (C=N–C) groups is 2. The van der Waals surface area contributed by atoms with Gasteiger partial charge in [-0.05, 0) is 36.7 Å². The molecule has 2 aliphatic rings. The van der Waals surface area contributed by atoms with Crippen LogP contribution >= 0.6 is 15.9 Å². The molecule has 0 spiro atoms. The molecule has 0 fully saturated rings. The van der Waals surface area contributed by atoms with Crippen LogP contribution in [0.1, 0.15) is 20.8 Å². The van der Waals surface area contributed by atoms with Crippen molar-refractivity contribution in [3.63, 3.8) is 0 Å². The Morgan fingerprint density at radius 1 is 1.33 bits per heavy atom. The summed E-state index contributed by atoms with van der Waals surface area (Å²) < 4.78 is 5.52. The fourth-order valence-electron chi connectivity index (χ4n) is 1.93. The first-order valence-electron chi connectivity index (χ1n) is 6.23. The van der Waals surface area contributed by atoms with Crippen molar-refractivity contribution >= 4 is 44.4 Å². The molecule has 0 aliphatic carbocycles. The number of likely N-dealkylation sites (N-methyl/N-ethyl adjacent to an activating group) is 1. The van der Waals surface area contributed by atoms with Crippen LogP contribution in [0.3, 0.4) is 0 Å². The lowest BCUT2D eigenvalue weighted by Gasteiger charge is -2.29. The Balaban J connectivity index is 2.16. The standard InChI is InChI=1S/C12H15BrN4O4/c1-12(2,3)21-6(18)5-17-9(19)7-8(15-11(17)20)14-10(13)16(7)4/h7H,5H2,1-4H3. The lowest BCUT2D eigenvalue weighted by molar-refractivity contribution is -0.157. The molecule has 0 aromatic carbocycles. The van der Waals surface area contributed by atoms with E-state index in [1.54, 1.807) is 27.8 Å². The topological polar surface area (TPSA) is 91.6 Å². The highest BCUT2D eigenvalue weighted by Crippen LogP contribution is 2.22. The molecule has 3 amide bonds. The number of amidine groups is 2. The highest BCUT2D eigenvalue weighted by Gasteiger charge is 2.45. The maximum Gasteiger partial charge on any atom is 0.352 e. The third-order valence-electron chi connectivity index (χ3n) is 2.78. The van der Waals surface area contributed by atoms with Crippen LogP contribution in [0.25, 0.3) is 0 Å². The van der Waals surface area contributed by atoms with Crippen LogP contribution in [-0.4, -0.2) is 63.5 Å². The van der Waals surface area contributed by atoms with Crippen LogP contribution in [-0.2, 0) is 14.3 Å². The maximum absolute atomic E-state index is 12.4. The molecule has 9 heteroatoms. The van der Waals surface area contributed by atoms with E-state index in [1.807, 2.05) is 0 Å². The van der Waals surface area contributed by atoms with Crippen LogP contribution in [0.2, 0.25) is 0 Å². The van der Waals surface area contributed by atoms with E-state index in [-0.39, 0.29) is 5.84 Å². The molecular formula is C12H15BrN4O4. The summed E-state index contributed by atoms with van der Waals surface area (Å²) in [6.07, 6.45) is 0. The Morgan fingerprint density at radius 3 is 2.52 bits per heavy atom. The number of imide groups is 1. The summed E-state index contributed by atoms with van der Waals surface area (Å²) >= 11 is 3.17. The van der Waals surface area contributed by atoms with Gasteiger partial charge in [0.25, 0.3) is 5.91 Å². The number of urea groups is 1. The van der Waals surface area contributed by atoms with E-state index in [9.17, 15) is 14.4 Å². The largest absolute Gasteiger partial charge is 0.459 e. The van der Waals surface area contributed by atoms with Gasteiger partial charge in [0.15, 0.2) is 16.6 Å². The summed E-state index contributed by atoms with van der Waals surface area (Å²) in [5.74, 6) is -1.08. The van der Waals surface area contributed by atoms with Gasteiger partial charge in [0.2, 0.25) is 0 Å². The molecule has 2 heterocycles. The van der Waals surface area contributed by atoms with E-state index in [0.29, 0.717) is 4.74 Å². The molecule has 0 saturated heterocycles. The van der Waals surface area contributed by atoms with Gasteiger partial charge in [-0.15, -0.1) is 0 Å². The van der Waals surface area contributed by atoms with Crippen molar-refractivity contribution in [2.45, 2.75) is 32.4 Å². The fourth-order valence-corrected chi connectivity index (χ4v) is 2.31. The molecule has 0 bridgehead atoms. The second kappa shape index (κ2) is 5.21. The van der Waals surface area contributed by atoms with Crippen molar-refractivity contribution in [1.82, 2.24) is 9.80 Å². The number of carbonyl (C=O) groups is 3. The van der Waals surface area contributed by atoms with E-state index in [2.05, 4.69) is 25.9 Å². The second-order valence-electron chi connectivity index (χ2n) is 5.66. The van der Waals surface area contributed by atoms with Crippen molar-refractivity contribution in [2.75, 3.05) is 13.6 Å². The minimum Gasteiger partial charge on any atom is -0.459 e. The lowest BCUT2D eigenvalue weighted by atomic mass is 10.2. The van der Waals surface area contributed by atoms with Gasteiger partial charge in [-0.3, -0.25) is 9.59 Å². The summed E-state index contributed by atoms with van der Waals surface area (Å²) in [5, 5.41) is 0. The van der Waals surface area contributed by atoms with Gasteiger partial charge in [-0.2, -0.15) is 4.99 Å². The number of esters is 1. The molecule has 1 unspecified atom stereocenters. The minimum atomic E-state index is -0.809. The number of ether oxygens (including phenoxy) is 1. The normalized spacial score (nSPS) is 22.0. The number of rotatable bonds is 2. The third kappa shape index (κ3) is 3.12. The predicted octanol–water partition coefficient (Wildman–Crippen LogP) is 0.754. The number of halogens is 1. The maximum atomic E-state index is 12.4. The molecule has 8 nitrogen and oxygen atoms in total. The van der Waals surface area contributed by atoms with E-state index in [4.69, 9.17) is 4.74 Å². The van der Waals surface area contributed by atoms with E-state index in [1.165, 1.54) is 4.90 Å². The average Bonchev–Trinajstić information content (AvgIpc) is 2.58. The first-order chi connectivity index (χ1) is 9.60. The van der Waals surface area contributed by atoms with Gasteiger partial charge in [0.1, 0.15) is 12.1 Å². The smallest absolute Gasteiger partial charge is 0.352 e. The predicted molar refractivity (Wildman–Crippen MR) is 78.3 cm³/mol. The molecule has 0 aromatic rings. The first kappa shape index (κ1) is 15.6. The van der Waals surface area contributed by atoms with Crippen LogP contribution in [0, 0.1) is 0 Å². The zero-order chi connectivity index (χ0) is 15.9. The Hall–Kier alpha value is -1.77. The molecular weight excluding hydrogens is 344 g/mol. The lowest BCUT2D eigenvalue weighted by Crippen LogP contribution is -2.55. The van der Waals surface area contributed by atoms with Gasteiger partial charge in [-0.25, -0.2) is 14.7 Å². The van der Waals surface area contributed by atoms with Gasteiger partial charge >= 0.3 is 12.0 Å². The van der Waals surface area contributed by atoms with Crippen molar-refractivity contribution in [2.24, 2.45) is 9.98 Å². The number of hydrogen-bond acceptors (Lipinski definition) is 6. The highest BCUT2D eigenvalue weighted by molar-refractivity contribution is 9.18. The Bertz CT molecular complexity index is 578. The number of fused-ring (bicyclic) bond motifs is 1. The van der Waals surface area contributed by atoms with E-state index < -0.39 is 36.1 Å². The molecule has 0 N–H and O–H groups in total. The molecule has 21 heavy (non-hydrogen) atoms. The highest BCUT2D eigenvalue weighted by atomic mass is 79.9. The van der Waals surface area contributed by atoms with E-state index >= 15 is 0 Å². The van der Waals surface area contributed by atoms with Gasteiger partial charge in [0.05, 0.1) is 0 Å². The summed E-state index contributed by atoms with van der Waals surface area (Å²) in [6.45, 7) is 4.65. The number of carbonyl (C=O) groups excluding carboxylic acids is 3. The Labute approximate surface area is 130 Å². The molecule has 0 radical (unpaired) electrons. The van der Waals surface area contributed by atoms with Crippen LogP contribution in [0.5, 0.6) is 0 Å². The molecule has 2 rings (SSSR count). The monoisotopic (exact) mass is 358 g/mol. The average molecular weight is 359 g/mol. The fraction of sp³-hybridized carbons (Fsp3) is 0.583. The van der Waals surface area contributed by atoms with Gasteiger partial charge in [0, 0.05) is 7.05 Å². The van der Waals surface area contributed by atoms with Crippen molar-refractivity contribution in [1.29, 1.82) is 0 Å². The van der Waals surface area contributed by atoms with Crippen LogP contribution in [0.4, 0.5) is 4.79 Å².